The molecule has 1 amide bonds. The second kappa shape index (κ2) is 6.48. The number of hydrogen-bond donors (Lipinski definition) is 2. The van der Waals surface area contributed by atoms with E-state index in [0.29, 0.717) is 31.6 Å². The molecule has 0 bridgehead atoms. The van der Waals surface area contributed by atoms with Gasteiger partial charge in [0.1, 0.15) is 11.1 Å². The highest BCUT2D eigenvalue weighted by Crippen LogP contribution is 2.36. The van der Waals surface area contributed by atoms with Gasteiger partial charge in [0.25, 0.3) is 5.91 Å². The molecule has 0 aliphatic carbocycles. The Morgan fingerprint density at radius 2 is 2.18 bits per heavy atom. The van der Waals surface area contributed by atoms with Crippen LogP contribution >= 0.6 is 0 Å². The van der Waals surface area contributed by atoms with Crippen molar-refractivity contribution in [2.24, 2.45) is 5.41 Å². The number of amides is 1. The first kappa shape index (κ1) is 16.5. The van der Waals surface area contributed by atoms with Gasteiger partial charge in [-0.3, -0.25) is 14.3 Å². The van der Waals surface area contributed by atoms with E-state index in [4.69, 9.17) is 0 Å². The van der Waals surface area contributed by atoms with Gasteiger partial charge in [0, 0.05) is 25.8 Å². The number of aromatic nitrogens is 2. The van der Waals surface area contributed by atoms with Crippen molar-refractivity contribution in [3.63, 3.8) is 0 Å². The molecule has 1 fully saturated rings. The van der Waals surface area contributed by atoms with Gasteiger partial charge < -0.3 is 15.1 Å². The van der Waals surface area contributed by atoms with Crippen LogP contribution in [0, 0.1) is 5.41 Å². The average Bonchev–Trinajstić information content (AvgIpc) is 2.97. The van der Waals surface area contributed by atoms with Gasteiger partial charge in [-0.15, -0.1) is 0 Å². The van der Waals surface area contributed by atoms with Gasteiger partial charge in [-0.25, -0.2) is 0 Å². The number of aliphatic hydroxyl groups is 1. The lowest BCUT2D eigenvalue weighted by Gasteiger charge is -2.43. The second-order valence-corrected chi connectivity index (χ2v) is 5.80. The summed E-state index contributed by atoms with van der Waals surface area (Å²) in [6.45, 7) is 4.84. The van der Waals surface area contributed by atoms with E-state index < -0.39 is 17.5 Å². The van der Waals surface area contributed by atoms with E-state index in [9.17, 15) is 19.8 Å². The summed E-state index contributed by atoms with van der Waals surface area (Å²) in [6.07, 6.45) is 2.05. The van der Waals surface area contributed by atoms with Crippen LogP contribution in [0.5, 0.6) is 0 Å². The number of rotatable bonds is 5. The Labute approximate surface area is 129 Å². The Bertz CT molecular complexity index is 557. The first-order valence-corrected chi connectivity index (χ1v) is 7.68. The number of hydrogen-bond acceptors (Lipinski definition) is 4. The van der Waals surface area contributed by atoms with Crippen molar-refractivity contribution in [3.8, 4) is 0 Å². The first-order chi connectivity index (χ1) is 10.4. The first-order valence-electron chi connectivity index (χ1n) is 7.68. The highest BCUT2D eigenvalue weighted by atomic mass is 16.4. The molecule has 0 unspecified atom stereocenters. The SMILES string of the molecule is CCC[C@@]1(C(=O)O)CN(C(=O)c2ccn(CC)n2)CC[C@H]1O. The Balaban J connectivity index is 2.22. The van der Waals surface area contributed by atoms with E-state index >= 15 is 0 Å². The topological polar surface area (TPSA) is 95.7 Å². The van der Waals surface area contributed by atoms with Crippen LogP contribution in [-0.4, -0.2) is 56.0 Å². The number of nitrogens with zero attached hydrogens (tertiary/aromatic N) is 3. The number of aryl methyl sites for hydroxylation is 1. The van der Waals surface area contributed by atoms with Crippen LogP contribution in [0.3, 0.4) is 0 Å². The Morgan fingerprint density at radius 3 is 2.73 bits per heavy atom. The number of carboxylic acids is 1. The molecule has 0 aromatic carbocycles. The zero-order valence-corrected chi connectivity index (χ0v) is 13.0. The number of carbonyl (C=O) groups is 2. The summed E-state index contributed by atoms with van der Waals surface area (Å²) < 4.78 is 1.66. The molecular weight excluding hydrogens is 286 g/mol. The largest absolute Gasteiger partial charge is 0.481 e. The Kier molecular flexibility index (Phi) is 4.85. The van der Waals surface area contributed by atoms with Gasteiger partial charge in [-0.05, 0) is 25.8 Å². The van der Waals surface area contributed by atoms with Gasteiger partial charge in [0.2, 0.25) is 0 Å². The van der Waals surface area contributed by atoms with Crippen molar-refractivity contribution < 1.29 is 19.8 Å². The van der Waals surface area contributed by atoms with Crippen molar-refractivity contribution in [2.75, 3.05) is 13.1 Å². The molecule has 2 heterocycles. The standard InChI is InChI=1S/C15H23N3O4/c1-3-7-15(14(21)22)10-17(8-6-12(15)19)13(20)11-5-9-18(4-2)16-11/h5,9,12,19H,3-4,6-8,10H2,1-2H3,(H,21,22)/t12-,15-/m1/s1. The van der Waals surface area contributed by atoms with Crippen molar-refractivity contribution >= 4 is 11.9 Å². The quantitative estimate of drug-likeness (QED) is 0.845. The van der Waals surface area contributed by atoms with E-state index in [1.807, 2.05) is 13.8 Å². The van der Waals surface area contributed by atoms with Crippen LogP contribution in [0.1, 0.15) is 43.6 Å². The Hall–Kier alpha value is -1.89. The van der Waals surface area contributed by atoms with E-state index in [1.54, 1.807) is 16.9 Å². The molecule has 22 heavy (non-hydrogen) atoms. The highest BCUT2D eigenvalue weighted by molar-refractivity contribution is 5.93. The van der Waals surface area contributed by atoms with Crippen LogP contribution in [0.25, 0.3) is 0 Å². The third-order valence-corrected chi connectivity index (χ3v) is 4.38. The van der Waals surface area contributed by atoms with Crippen LogP contribution in [0.4, 0.5) is 0 Å². The minimum Gasteiger partial charge on any atom is -0.481 e. The number of likely N-dealkylation sites (tertiary alicyclic amines) is 1. The van der Waals surface area contributed by atoms with Gasteiger partial charge in [-0.1, -0.05) is 13.3 Å². The van der Waals surface area contributed by atoms with Gasteiger partial charge in [0.05, 0.1) is 6.10 Å². The van der Waals surface area contributed by atoms with Crippen LogP contribution in [0.2, 0.25) is 0 Å². The lowest BCUT2D eigenvalue weighted by atomic mass is 9.74. The predicted octanol–water partition coefficient (Wildman–Crippen LogP) is 0.981. The maximum absolute atomic E-state index is 12.5. The molecule has 0 spiro atoms. The zero-order chi connectivity index (χ0) is 16.3. The summed E-state index contributed by atoms with van der Waals surface area (Å²) in [5, 5.41) is 24.0. The molecule has 2 rings (SSSR count). The fourth-order valence-electron chi connectivity index (χ4n) is 3.08. The molecule has 7 nitrogen and oxygen atoms in total. The predicted molar refractivity (Wildman–Crippen MR) is 79.4 cm³/mol. The third kappa shape index (κ3) is 2.85. The molecule has 1 saturated heterocycles. The lowest BCUT2D eigenvalue weighted by Crippen LogP contribution is -2.57. The summed E-state index contributed by atoms with van der Waals surface area (Å²) >= 11 is 0. The molecular formula is C15H23N3O4. The lowest BCUT2D eigenvalue weighted by molar-refractivity contribution is -0.162. The smallest absolute Gasteiger partial charge is 0.314 e. The summed E-state index contributed by atoms with van der Waals surface area (Å²) in [4.78, 5) is 25.7. The van der Waals surface area contributed by atoms with Crippen LogP contribution in [0.15, 0.2) is 12.3 Å². The second-order valence-electron chi connectivity index (χ2n) is 5.80. The number of carbonyl (C=O) groups excluding carboxylic acids is 1. The highest BCUT2D eigenvalue weighted by Gasteiger charge is 2.49. The van der Waals surface area contributed by atoms with E-state index in [2.05, 4.69) is 5.10 Å². The van der Waals surface area contributed by atoms with Crippen molar-refractivity contribution in [1.82, 2.24) is 14.7 Å². The third-order valence-electron chi connectivity index (χ3n) is 4.38. The fraction of sp³-hybridized carbons (Fsp3) is 0.667. The summed E-state index contributed by atoms with van der Waals surface area (Å²) in [6, 6.07) is 1.64. The Morgan fingerprint density at radius 1 is 1.45 bits per heavy atom. The fourth-order valence-corrected chi connectivity index (χ4v) is 3.08. The van der Waals surface area contributed by atoms with Gasteiger partial charge >= 0.3 is 5.97 Å². The van der Waals surface area contributed by atoms with Crippen molar-refractivity contribution in [1.29, 1.82) is 0 Å². The van der Waals surface area contributed by atoms with E-state index in [0.717, 1.165) is 0 Å². The summed E-state index contributed by atoms with van der Waals surface area (Å²) in [5.41, 5.74) is -0.968. The van der Waals surface area contributed by atoms with Crippen molar-refractivity contribution in [2.45, 2.75) is 45.8 Å². The molecule has 1 aliphatic rings. The summed E-state index contributed by atoms with van der Waals surface area (Å²) in [7, 11) is 0. The minimum atomic E-state index is -1.28. The molecule has 0 saturated carbocycles. The number of piperidine rings is 1. The zero-order valence-electron chi connectivity index (χ0n) is 13.0. The molecule has 122 valence electrons. The maximum Gasteiger partial charge on any atom is 0.314 e. The molecule has 2 N–H and O–H groups in total. The average molecular weight is 309 g/mol. The van der Waals surface area contributed by atoms with E-state index in [-0.39, 0.29) is 18.9 Å². The normalized spacial score (nSPS) is 25.2. The minimum absolute atomic E-state index is 0.0230. The molecule has 0 radical (unpaired) electrons. The van der Waals surface area contributed by atoms with Gasteiger partial charge in [0.15, 0.2) is 0 Å². The number of carboxylic acid groups (broad SMARTS) is 1. The number of aliphatic hydroxyl groups excluding tert-OH is 1. The van der Waals surface area contributed by atoms with E-state index in [1.165, 1.54) is 4.90 Å². The number of aliphatic carboxylic acids is 1. The maximum atomic E-state index is 12.5. The summed E-state index contributed by atoms with van der Waals surface area (Å²) in [5.74, 6) is -1.32. The van der Waals surface area contributed by atoms with Crippen LogP contribution in [-0.2, 0) is 11.3 Å². The van der Waals surface area contributed by atoms with Crippen molar-refractivity contribution in [3.05, 3.63) is 18.0 Å². The monoisotopic (exact) mass is 309 g/mol. The molecule has 1 aromatic heterocycles. The molecule has 2 atom stereocenters. The molecule has 7 heteroatoms. The van der Waals surface area contributed by atoms with Crippen LogP contribution < -0.4 is 0 Å². The molecule has 1 aromatic rings. The van der Waals surface area contributed by atoms with Gasteiger partial charge in [-0.2, -0.15) is 5.10 Å². The molecule has 1 aliphatic heterocycles.